The van der Waals surface area contributed by atoms with Gasteiger partial charge in [-0.2, -0.15) is 8.78 Å². The SMILES string of the molecule is COc1ccc(CN2CCNC(C)(C)C2)c(OC(F)F)c1. The molecule has 6 heteroatoms. The van der Waals surface area contributed by atoms with Gasteiger partial charge in [-0.25, -0.2) is 0 Å². The normalized spacial score (nSPS) is 18.8. The molecule has 0 saturated carbocycles. The lowest BCUT2D eigenvalue weighted by Crippen LogP contribution is -2.56. The lowest BCUT2D eigenvalue weighted by atomic mass is 10.0. The number of methoxy groups -OCH3 is 1. The van der Waals surface area contributed by atoms with Crippen molar-refractivity contribution in [3.05, 3.63) is 23.8 Å². The fourth-order valence-corrected chi connectivity index (χ4v) is 2.62. The summed E-state index contributed by atoms with van der Waals surface area (Å²) < 4.78 is 34.8. The van der Waals surface area contributed by atoms with Gasteiger partial charge in [0.1, 0.15) is 11.5 Å². The average molecular weight is 300 g/mol. The van der Waals surface area contributed by atoms with E-state index in [2.05, 4.69) is 28.8 Å². The van der Waals surface area contributed by atoms with Gasteiger partial charge in [0, 0.05) is 43.3 Å². The quantitative estimate of drug-likeness (QED) is 0.906. The van der Waals surface area contributed by atoms with E-state index in [1.807, 2.05) is 0 Å². The molecule has 1 heterocycles. The van der Waals surface area contributed by atoms with Gasteiger partial charge in [-0.1, -0.05) is 6.07 Å². The molecular weight excluding hydrogens is 278 g/mol. The van der Waals surface area contributed by atoms with Gasteiger partial charge < -0.3 is 14.8 Å². The number of piperazine rings is 1. The molecule has 1 aromatic carbocycles. The minimum absolute atomic E-state index is 0.0223. The highest BCUT2D eigenvalue weighted by Crippen LogP contribution is 2.28. The molecule has 0 spiro atoms. The molecule has 1 saturated heterocycles. The van der Waals surface area contributed by atoms with Gasteiger partial charge in [0.05, 0.1) is 7.11 Å². The van der Waals surface area contributed by atoms with Crippen LogP contribution in [0.25, 0.3) is 0 Å². The second-order valence-electron chi connectivity index (χ2n) is 5.87. The Labute approximate surface area is 124 Å². The Morgan fingerprint density at radius 1 is 1.38 bits per heavy atom. The van der Waals surface area contributed by atoms with Crippen molar-refractivity contribution in [1.82, 2.24) is 10.2 Å². The number of alkyl halides is 2. The van der Waals surface area contributed by atoms with Crippen LogP contribution in [0, 0.1) is 0 Å². The van der Waals surface area contributed by atoms with Crippen LogP contribution in [0.2, 0.25) is 0 Å². The van der Waals surface area contributed by atoms with Gasteiger partial charge in [-0.05, 0) is 19.9 Å². The monoisotopic (exact) mass is 300 g/mol. The topological polar surface area (TPSA) is 33.7 Å². The number of nitrogens with one attached hydrogen (secondary N) is 1. The fourth-order valence-electron chi connectivity index (χ4n) is 2.62. The summed E-state index contributed by atoms with van der Waals surface area (Å²) >= 11 is 0. The minimum atomic E-state index is -2.84. The first-order valence-corrected chi connectivity index (χ1v) is 6.99. The van der Waals surface area contributed by atoms with E-state index in [1.54, 1.807) is 12.1 Å². The lowest BCUT2D eigenvalue weighted by molar-refractivity contribution is -0.0509. The highest BCUT2D eigenvalue weighted by atomic mass is 19.3. The number of benzene rings is 1. The summed E-state index contributed by atoms with van der Waals surface area (Å²) in [5, 5.41) is 3.43. The Bertz CT molecular complexity index is 481. The van der Waals surface area contributed by atoms with Gasteiger partial charge in [0.2, 0.25) is 0 Å². The molecule has 118 valence electrons. The van der Waals surface area contributed by atoms with Crippen molar-refractivity contribution in [2.45, 2.75) is 32.5 Å². The van der Waals surface area contributed by atoms with Crippen LogP contribution < -0.4 is 14.8 Å². The first-order chi connectivity index (χ1) is 9.89. The largest absolute Gasteiger partial charge is 0.497 e. The van der Waals surface area contributed by atoms with Crippen molar-refractivity contribution in [1.29, 1.82) is 0 Å². The molecule has 0 unspecified atom stereocenters. The van der Waals surface area contributed by atoms with Gasteiger partial charge in [0.15, 0.2) is 0 Å². The molecule has 0 aliphatic carbocycles. The van der Waals surface area contributed by atoms with E-state index in [1.165, 1.54) is 13.2 Å². The third-order valence-electron chi connectivity index (χ3n) is 3.53. The molecule has 0 atom stereocenters. The summed E-state index contributed by atoms with van der Waals surface area (Å²) in [5.74, 6) is 0.690. The number of halogens is 2. The zero-order valence-electron chi connectivity index (χ0n) is 12.7. The Kier molecular flexibility index (Phi) is 5.00. The lowest BCUT2D eigenvalue weighted by Gasteiger charge is -2.39. The summed E-state index contributed by atoms with van der Waals surface area (Å²) in [6.45, 7) is 4.62. The van der Waals surface area contributed by atoms with E-state index >= 15 is 0 Å². The van der Waals surface area contributed by atoms with Crippen LogP contribution in [-0.4, -0.2) is 43.8 Å². The molecule has 1 fully saturated rings. The molecule has 4 nitrogen and oxygen atoms in total. The van der Waals surface area contributed by atoms with Gasteiger partial charge in [-0.3, -0.25) is 4.90 Å². The summed E-state index contributed by atoms with van der Waals surface area (Å²) in [7, 11) is 1.50. The third kappa shape index (κ3) is 4.54. The van der Waals surface area contributed by atoms with Crippen molar-refractivity contribution >= 4 is 0 Å². The van der Waals surface area contributed by atoms with Crippen LogP contribution in [0.3, 0.4) is 0 Å². The zero-order chi connectivity index (χ0) is 15.5. The van der Waals surface area contributed by atoms with Crippen LogP contribution >= 0.6 is 0 Å². The molecule has 0 amide bonds. The maximum Gasteiger partial charge on any atom is 0.387 e. The van der Waals surface area contributed by atoms with Gasteiger partial charge in [0.25, 0.3) is 0 Å². The third-order valence-corrected chi connectivity index (χ3v) is 3.53. The van der Waals surface area contributed by atoms with Crippen molar-refractivity contribution in [2.24, 2.45) is 0 Å². The number of nitrogens with zero attached hydrogens (tertiary/aromatic N) is 1. The predicted octanol–water partition coefficient (Wildman–Crippen LogP) is 2.48. The average Bonchev–Trinajstić information content (AvgIpc) is 2.39. The van der Waals surface area contributed by atoms with E-state index in [9.17, 15) is 8.78 Å². The Morgan fingerprint density at radius 3 is 2.76 bits per heavy atom. The summed E-state index contributed by atoms with van der Waals surface area (Å²) in [4.78, 5) is 2.23. The first kappa shape index (κ1) is 16.0. The van der Waals surface area contributed by atoms with Crippen molar-refractivity contribution < 1.29 is 18.3 Å². The molecule has 1 aliphatic rings. The maximum atomic E-state index is 12.6. The molecular formula is C15H22F2N2O2. The minimum Gasteiger partial charge on any atom is -0.497 e. The van der Waals surface area contributed by atoms with E-state index in [0.29, 0.717) is 12.3 Å². The summed E-state index contributed by atoms with van der Waals surface area (Å²) in [6.07, 6.45) is 0. The number of ether oxygens (including phenoxy) is 2. The standard InChI is InChI=1S/C15H22F2N2O2/c1-15(2)10-19(7-6-18-15)9-11-4-5-12(20-3)8-13(11)21-14(16)17/h4-5,8,14,18H,6-7,9-10H2,1-3H3. The Morgan fingerprint density at radius 2 is 2.14 bits per heavy atom. The molecule has 1 N–H and O–H groups in total. The van der Waals surface area contributed by atoms with Crippen molar-refractivity contribution in [2.75, 3.05) is 26.7 Å². The predicted molar refractivity (Wildman–Crippen MR) is 77.0 cm³/mol. The Hall–Kier alpha value is -1.40. The Balaban J connectivity index is 2.14. The first-order valence-electron chi connectivity index (χ1n) is 6.99. The van der Waals surface area contributed by atoms with E-state index < -0.39 is 6.61 Å². The second kappa shape index (κ2) is 6.58. The van der Waals surface area contributed by atoms with Gasteiger partial charge >= 0.3 is 6.61 Å². The molecule has 1 aromatic rings. The molecule has 21 heavy (non-hydrogen) atoms. The highest BCUT2D eigenvalue weighted by molar-refractivity contribution is 5.40. The van der Waals surface area contributed by atoms with Crippen molar-refractivity contribution in [3.63, 3.8) is 0 Å². The van der Waals surface area contributed by atoms with Crippen LogP contribution in [0.5, 0.6) is 11.5 Å². The van der Waals surface area contributed by atoms with E-state index in [-0.39, 0.29) is 11.3 Å². The molecule has 0 radical (unpaired) electrons. The summed E-state index contributed by atoms with van der Waals surface area (Å²) in [6, 6.07) is 5.06. The number of hydrogen-bond acceptors (Lipinski definition) is 4. The van der Waals surface area contributed by atoms with Crippen LogP contribution in [0.1, 0.15) is 19.4 Å². The van der Waals surface area contributed by atoms with Gasteiger partial charge in [-0.15, -0.1) is 0 Å². The zero-order valence-corrected chi connectivity index (χ0v) is 12.7. The van der Waals surface area contributed by atoms with Crippen molar-refractivity contribution in [3.8, 4) is 11.5 Å². The molecule has 1 aliphatic heterocycles. The summed E-state index contributed by atoms with van der Waals surface area (Å²) in [5.41, 5.74) is 0.767. The molecule has 2 rings (SSSR count). The number of hydrogen-bond donors (Lipinski definition) is 1. The second-order valence-corrected chi connectivity index (χ2v) is 5.87. The fraction of sp³-hybridized carbons (Fsp3) is 0.600. The maximum absolute atomic E-state index is 12.6. The molecule has 0 aromatic heterocycles. The number of rotatable bonds is 5. The molecule has 0 bridgehead atoms. The van der Waals surface area contributed by atoms with Crippen LogP contribution in [0.4, 0.5) is 8.78 Å². The van der Waals surface area contributed by atoms with Crippen LogP contribution in [-0.2, 0) is 6.54 Å². The van der Waals surface area contributed by atoms with E-state index in [0.717, 1.165) is 25.2 Å². The highest BCUT2D eigenvalue weighted by Gasteiger charge is 2.26. The smallest absolute Gasteiger partial charge is 0.387 e. The van der Waals surface area contributed by atoms with E-state index in [4.69, 9.17) is 4.74 Å². The van der Waals surface area contributed by atoms with Crippen LogP contribution in [0.15, 0.2) is 18.2 Å².